The standard InChI is InChI=1S/C10H19N3O2/c1-8(10(11)15)12-5-4-9(14)13-6-2-3-7-13/h8,12H,2-7H2,1H3,(H2,11,15). The molecule has 1 unspecified atom stereocenters. The second-order valence-corrected chi connectivity index (χ2v) is 3.92. The van der Waals surface area contributed by atoms with Gasteiger partial charge < -0.3 is 16.0 Å². The van der Waals surface area contributed by atoms with Gasteiger partial charge in [0.1, 0.15) is 0 Å². The highest BCUT2D eigenvalue weighted by Gasteiger charge is 2.17. The number of nitrogens with zero attached hydrogens (tertiary/aromatic N) is 1. The highest BCUT2D eigenvalue weighted by Crippen LogP contribution is 2.08. The number of hydrogen-bond donors (Lipinski definition) is 2. The average Bonchev–Trinajstić information content (AvgIpc) is 2.70. The third-order valence-corrected chi connectivity index (χ3v) is 2.67. The van der Waals surface area contributed by atoms with Gasteiger partial charge in [-0.1, -0.05) is 0 Å². The summed E-state index contributed by atoms with van der Waals surface area (Å²) in [5, 5.41) is 2.91. The fourth-order valence-electron chi connectivity index (χ4n) is 1.62. The molecular formula is C10H19N3O2. The number of carbonyl (C=O) groups is 2. The van der Waals surface area contributed by atoms with Crippen molar-refractivity contribution in [1.82, 2.24) is 10.2 Å². The fourth-order valence-corrected chi connectivity index (χ4v) is 1.62. The van der Waals surface area contributed by atoms with E-state index in [1.54, 1.807) is 6.92 Å². The smallest absolute Gasteiger partial charge is 0.234 e. The molecule has 1 aliphatic heterocycles. The van der Waals surface area contributed by atoms with Crippen LogP contribution in [0.25, 0.3) is 0 Å². The van der Waals surface area contributed by atoms with Crippen LogP contribution in [0.4, 0.5) is 0 Å². The molecule has 1 saturated heterocycles. The molecule has 0 bridgehead atoms. The zero-order chi connectivity index (χ0) is 11.3. The molecule has 1 rings (SSSR count). The van der Waals surface area contributed by atoms with Crippen molar-refractivity contribution in [2.45, 2.75) is 32.2 Å². The van der Waals surface area contributed by atoms with Crippen molar-refractivity contribution in [3.05, 3.63) is 0 Å². The molecule has 0 aromatic heterocycles. The molecular weight excluding hydrogens is 194 g/mol. The van der Waals surface area contributed by atoms with Crippen LogP contribution in [0.5, 0.6) is 0 Å². The summed E-state index contributed by atoms with van der Waals surface area (Å²) in [5.41, 5.74) is 5.08. The van der Waals surface area contributed by atoms with Gasteiger partial charge in [-0.05, 0) is 19.8 Å². The lowest BCUT2D eigenvalue weighted by Crippen LogP contribution is -2.40. The summed E-state index contributed by atoms with van der Waals surface area (Å²) in [5.74, 6) is -0.222. The lowest BCUT2D eigenvalue weighted by molar-refractivity contribution is -0.130. The van der Waals surface area contributed by atoms with Crippen LogP contribution in [0, 0.1) is 0 Å². The first-order chi connectivity index (χ1) is 7.11. The van der Waals surface area contributed by atoms with Gasteiger partial charge in [0.25, 0.3) is 0 Å². The van der Waals surface area contributed by atoms with Gasteiger partial charge in [-0.15, -0.1) is 0 Å². The quantitative estimate of drug-likeness (QED) is 0.644. The fraction of sp³-hybridized carbons (Fsp3) is 0.800. The second kappa shape index (κ2) is 5.70. The van der Waals surface area contributed by atoms with Crippen molar-refractivity contribution in [2.75, 3.05) is 19.6 Å². The Labute approximate surface area is 90.0 Å². The van der Waals surface area contributed by atoms with Crippen LogP contribution in [0.3, 0.4) is 0 Å². The maximum Gasteiger partial charge on any atom is 0.234 e. The Morgan fingerprint density at radius 2 is 2.00 bits per heavy atom. The lowest BCUT2D eigenvalue weighted by atomic mass is 10.3. The lowest BCUT2D eigenvalue weighted by Gasteiger charge is -2.16. The molecule has 0 radical (unpaired) electrons. The second-order valence-electron chi connectivity index (χ2n) is 3.92. The number of hydrogen-bond acceptors (Lipinski definition) is 3. The van der Waals surface area contributed by atoms with Crippen LogP contribution in [-0.4, -0.2) is 42.4 Å². The van der Waals surface area contributed by atoms with E-state index in [1.165, 1.54) is 0 Å². The number of carbonyl (C=O) groups excluding carboxylic acids is 2. The molecule has 1 heterocycles. The van der Waals surface area contributed by atoms with E-state index in [0.29, 0.717) is 13.0 Å². The van der Waals surface area contributed by atoms with E-state index in [9.17, 15) is 9.59 Å². The van der Waals surface area contributed by atoms with E-state index in [1.807, 2.05) is 4.90 Å². The van der Waals surface area contributed by atoms with Crippen molar-refractivity contribution in [1.29, 1.82) is 0 Å². The summed E-state index contributed by atoms with van der Waals surface area (Å²) in [6.45, 7) is 3.97. The molecule has 0 aromatic rings. The highest BCUT2D eigenvalue weighted by molar-refractivity contribution is 5.79. The molecule has 0 saturated carbocycles. The van der Waals surface area contributed by atoms with Crippen molar-refractivity contribution < 1.29 is 9.59 Å². The van der Waals surface area contributed by atoms with Crippen LogP contribution in [0.15, 0.2) is 0 Å². The van der Waals surface area contributed by atoms with Gasteiger partial charge in [-0.2, -0.15) is 0 Å². The molecule has 2 amide bonds. The minimum absolute atomic E-state index is 0.164. The molecule has 5 nitrogen and oxygen atoms in total. The molecule has 0 aliphatic carbocycles. The Kier molecular flexibility index (Phi) is 4.55. The number of rotatable bonds is 5. The first-order valence-electron chi connectivity index (χ1n) is 5.41. The minimum Gasteiger partial charge on any atom is -0.368 e. The molecule has 5 heteroatoms. The van der Waals surface area contributed by atoms with E-state index in [2.05, 4.69) is 5.32 Å². The summed E-state index contributed by atoms with van der Waals surface area (Å²) in [6, 6.07) is -0.364. The van der Waals surface area contributed by atoms with Crippen LogP contribution in [-0.2, 0) is 9.59 Å². The van der Waals surface area contributed by atoms with Crippen LogP contribution in [0.1, 0.15) is 26.2 Å². The molecule has 0 aromatic carbocycles. The van der Waals surface area contributed by atoms with Crippen molar-refractivity contribution in [3.8, 4) is 0 Å². The van der Waals surface area contributed by atoms with Crippen LogP contribution < -0.4 is 11.1 Å². The third kappa shape index (κ3) is 3.87. The van der Waals surface area contributed by atoms with Gasteiger partial charge in [0.15, 0.2) is 0 Å². The average molecular weight is 213 g/mol. The number of primary amides is 1. The predicted octanol–water partition coefficient (Wildman–Crippen LogP) is -0.538. The molecule has 1 fully saturated rings. The summed E-state index contributed by atoms with van der Waals surface area (Å²) >= 11 is 0. The number of likely N-dealkylation sites (tertiary alicyclic amines) is 1. The summed E-state index contributed by atoms with van der Waals surface area (Å²) in [6.07, 6.45) is 2.66. The Bertz CT molecular complexity index is 237. The Morgan fingerprint density at radius 1 is 1.40 bits per heavy atom. The molecule has 86 valence electrons. The van der Waals surface area contributed by atoms with E-state index in [0.717, 1.165) is 25.9 Å². The molecule has 1 aliphatic rings. The zero-order valence-corrected chi connectivity index (χ0v) is 9.16. The van der Waals surface area contributed by atoms with Gasteiger partial charge in [0.2, 0.25) is 11.8 Å². The monoisotopic (exact) mass is 213 g/mol. The van der Waals surface area contributed by atoms with E-state index < -0.39 is 0 Å². The first-order valence-corrected chi connectivity index (χ1v) is 5.41. The van der Waals surface area contributed by atoms with Crippen molar-refractivity contribution >= 4 is 11.8 Å². The van der Waals surface area contributed by atoms with Gasteiger partial charge in [-0.3, -0.25) is 9.59 Å². The zero-order valence-electron chi connectivity index (χ0n) is 9.16. The van der Waals surface area contributed by atoms with E-state index in [4.69, 9.17) is 5.73 Å². The topological polar surface area (TPSA) is 75.4 Å². The predicted molar refractivity (Wildman–Crippen MR) is 57.1 cm³/mol. The SMILES string of the molecule is CC(NCCC(=O)N1CCCC1)C(N)=O. The maximum absolute atomic E-state index is 11.6. The minimum atomic E-state index is -0.386. The Hall–Kier alpha value is -1.10. The third-order valence-electron chi connectivity index (χ3n) is 2.67. The highest BCUT2D eigenvalue weighted by atomic mass is 16.2. The normalized spacial score (nSPS) is 17.8. The molecule has 0 spiro atoms. The molecule has 15 heavy (non-hydrogen) atoms. The van der Waals surface area contributed by atoms with Crippen molar-refractivity contribution in [3.63, 3.8) is 0 Å². The van der Waals surface area contributed by atoms with Gasteiger partial charge in [0.05, 0.1) is 6.04 Å². The van der Waals surface area contributed by atoms with Gasteiger partial charge >= 0.3 is 0 Å². The molecule has 3 N–H and O–H groups in total. The largest absolute Gasteiger partial charge is 0.368 e. The van der Waals surface area contributed by atoms with E-state index >= 15 is 0 Å². The number of nitrogens with one attached hydrogen (secondary N) is 1. The summed E-state index contributed by atoms with van der Waals surface area (Å²) in [4.78, 5) is 24.1. The van der Waals surface area contributed by atoms with Crippen molar-refractivity contribution in [2.24, 2.45) is 5.73 Å². The summed E-state index contributed by atoms with van der Waals surface area (Å²) < 4.78 is 0. The Morgan fingerprint density at radius 3 is 2.53 bits per heavy atom. The first kappa shape index (κ1) is 12.0. The van der Waals surface area contributed by atoms with Crippen LogP contribution in [0.2, 0.25) is 0 Å². The number of nitrogens with two attached hydrogens (primary N) is 1. The van der Waals surface area contributed by atoms with Crippen LogP contribution >= 0.6 is 0 Å². The summed E-state index contributed by atoms with van der Waals surface area (Å²) in [7, 11) is 0. The number of amides is 2. The molecule has 1 atom stereocenters. The van der Waals surface area contributed by atoms with Gasteiger partial charge in [-0.25, -0.2) is 0 Å². The van der Waals surface area contributed by atoms with E-state index in [-0.39, 0.29) is 17.9 Å². The van der Waals surface area contributed by atoms with Gasteiger partial charge in [0, 0.05) is 26.1 Å². The Balaban J connectivity index is 2.14. The maximum atomic E-state index is 11.6.